The molecule has 9 amide bonds. The van der Waals surface area contributed by atoms with Gasteiger partial charge < -0.3 is 74.7 Å². The molecule has 2 fully saturated rings. The van der Waals surface area contributed by atoms with Gasteiger partial charge in [0.1, 0.15) is 60.2 Å². The molecule has 2 aliphatic rings. The first-order chi connectivity index (χ1) is 31.4. The molecular weight excluding hydrogens is 881 g/mol. The van der Waals surface area contributed by atoms with Crippen LogP contribution in [0.25, 0.3) is 0 Å². The number of guanidine groups is 1. The first kappa shape index (κ1) is 54.3. The number of ether oxygens (including phenoxy) is 1. The van der Waals surface area contributed by atoms with E-state index in [1.54, 1.807) is 13.8 Å². The maximum atomic E-state index is 14.1. The largest absolute Gasteiger partial charge is 0.508 e. The van der Waals surface area contributed by atoms with Crippen LogP contribution in [0, 0.1) is 5.92 Å². The third-order valence-corrected chi connectivity index (χ3v) is 10.7. The summed E-state index contributed by atoms with van der Waals surface area (Å²) in [5, 5.41) is 40.5. The molecule has 16 N–H and O–H groups in total. The van der Waals surface area contributed by atoms with Crippen molar-refractivity contribution >= 4 is 65.1 Å². The minimum atomic E-state index is -1.82. The summed E-state index contributed by atoms with van der Waals surface area (Å²) in [6, 6.07) is -6.46. The van der Waals surface area contributed by atoms with Crippen molar-refractivity contribution in [2.45, 2.75) is 147 Å². The summed E-state index contributed by atoms with van der Waals surface area (Å²) in [7, 11) is 0. The van der Waals surface area contributed by atoms with Gasteiger partial charge in [0.25, 0.3) is 0 Å². The summed E-state index contributed by atoms with van der Waals surface area (Å²) >= 11 is 0. The molecule has 370 valence electrons. The number of nitrogens with two attached hydrogens (primary N) is 3. The number of rotatable bonds is 14. The van der Waals surface area contributed by atoms with E-state index >= 15 is 0 Å². The Balaban J connectivity index is 2.16. The van der Waals surface area contributed by atoms with Gasteiger partial charge in [0.15, 0.2) is 5.96 Å². The molecule has 0 saturated carbocycles. The molecular formula is C42H64N12O13. The predicted molar refractivity (Wildman–Crippen MR) is 237 cm³/mol. The van der Waals surface area contributed by atoms with Crippen LogP contribution in [0.15, 0.2) is 29.3 Å². The fourth-order valence-corrected chi connectivity index (χ4v) is 7.02. The summed E-state index contributed by atoms with van der Waals surface area (Å²) < 4.78 is 5.56. The molecule has 1 aromatic rings. The van der Waals surface area contributed by atoms with Gasteiger partial charge in [-0.3, -0.25) is 48.1 Å². The van der Waals surface area contributed by atoms with E-state index in [9.17, 15) is 58.2 Å². The highest BCUT2D eigenvalue weighted by atomic mass is 16.5. The number of nitrogens with one attached hydrogen (secondary N) is 8. The average molecular weight is 945 g/mol. The Hall–Kier alpha value is -7.05. The zero-order chi connectivity index (χ0) is 50.1. The highest BCUT2D eigenvalue weighted by Crippen LogP contribution is 2.15. The average Bonchev–Trinajstić information content (AvgIpc) is 3.69. The maximum Gasteiger partial charge on any atom is 0.328 e. The number of phenolic OH excluding ortho intramolecular Hbond substituents is 1. The van der Waals surface area contributed by atoms with Crippen LogP contribution in [0.3, 0.4) is 0 Å². The van der Waals surface area contributed by atoms with Gasteiger partial charge in [-0.05, 0) is 76.5 Å². The van der Waals surface area contributed by atoms with E-state index in [4.69, 9.17) is 21.9 Å². The van der Waals surface area contributed by atoms with Crippen molar-refractivity contribution < 1.29 is 62.9 Å². The number of esters is 1. The number of hydrogen-bond donors (Lipinski definition) is 13. The van der Waals surface area contributed by atoms with Crippen LogP contribution in [0.4, 0.5) is 0 Å². The number of aromatic hydroxyl groups is 1. The first-order valence-corrected chi connectivity index (χ1v) is 21.9. The minimum absolute atomic E-state index is 0.00503. The quantitative estimate of drug-likeness (QED) is 0.0361. The first-order valence-electron chi connectivity index (χ1n) is 21.9. The minimum Gasteiger partial charge on any atom is -0.508 e. The number of benzene rings is 1. The summed E-state index contributed by atoms with van der Waals surface area (Å²) in [6.45, 7) is 7.08. The van der Waals surface area contributed by atoms with Crippen LogP contribution < -0.4 is 59.7 Å². The second kappa shape index (κ2) is 25.6. The molecule has 1 aromatic carbocycles. The monoisotopic (exact) mass is 944 g/mol. The number of hydrogen-bond acceptors (Lipinski definition) is 14. The van der Waals surface area contributed by atoms with Gasteiger partial charge >= 0.3 is 5.97 Å². The second-order valence-corrected chi connectivity index (χ2v) is 16.9. The molecule has 2 saturated heterocycles. The number of primary amides is 1. The number of aliphatic hydroxyl groups excluding tert-OH is 1. The van der Waals surface area contributed by atoms with Crippen molar-refractivity contribution in [3.05, 3.63) is 29.8 Å². The Labute approximate surface area is 386 Å². The Morgan fingerprint density at radius 2 is 1.33 bits per heavy atom. The molecule has 2 heterocycles. The lowest BCUT2D eigenvalue weighted by Crippen LogP contribution is -2.63. The van der Waals surface area contributed by atoms with Gasteiger partial charge in [-0.1, -0.05) is 26.0 Å². The number of cyclic esters (lactones) is 1. The molecule has 0 radical (unpaired) electrons. The molecule has 25 nitrogen and oxygen atoms in total. The van der Waals surface area contributed by atoms with Crippen molar-refractivity contribution in [1.82, 2.24) is 42.5 Å². The molecule has 10 atom stereocenters. The zero-order valence-electron chi connectivity index (χ0n) is 38.1. The van der Waals surface area contributed by atoms with E-state index in [0.29, 0.717) is 5.56 Å². The summed E-state index contributed by atoms with van der Waals surface area (Å²) in [6.07, 6.45) is -4.22. The highest BCUT2D eigenvalue weighted by Gasteiger charge is 2.39. The van der Waals surface area contributed by atoms with Crippen LogP contribution in [-0.4, -0.2) is 142 Å². The normalized spacial score (nSPS) is 26.6. The van der Waals surface area contributed by atoms with E-state index in [-0.39, 0.29) is 69.1 Å². The SMILES string of the molecule is CC(C)C[C@@H]1NC(=O)[C@H](CCCN=C(N)N)NC(=O)[C@H]([C@@H](C)O)NC(=O)[C@@H](NC(=O)[C@@H]2CCC(=O)N2)[C@@H](C)OC(=O)[C@H](C)NC(=O)[C@H](Cc2ccc(O)cc2)NC(=O)[C@H](CCC(N)=O)NC1=O. The summed E-state index contributed by atoms with van der Waals surface area (Å²) in [5.74, 6) is -9.84. The second-order valence-electron chi connectivity index (χ2n) is 16.9. The molecule has 0 unspecified atom stereocenters. The van der Waals surface area contributed by atoms with Crippen molar-refractivity contribution in [2.75, 3.05) is 6.54 Å². The van der Waals surface area contributed by atoms with E-state index in [0.717, 1.165) is 6.92 Å². The van der Waals surface area contributed by atoms with Crippen LogP contribution >= 0.6 is 0 Å². The van der Waals surface area contributed by atoms with Crippen molar-refractivity contribution in [2.24, 2.45) is 28.1 Å². The van der Waals surface area contributed by atoms with Crippen LogP contribution in [-0.2, 0) is 59.1 Å². The lowest BCUT2D eigenvalue weighted by Gasteiger charge is -2.30. The number of carbonyl (C=O) groups excluding carboxylic acids is 10. The van der Waals surface area contributed by atoms with Gasteiger partial charge in [0.2, 0.25) is 53.2 Å². The number of aliphatic imine (C=N–C) groups is 1. The predicted octanol–water partition coefficient (Wildman–Crippen LogP) is -4.68. The van der Waals surface area contributed by atoms with Gasteiger partial charge in [0, 0.05) is 25.8 Å². The van der Waals surface area contributed by atoms with Crippen LogP contribution in [0.5, 0.6) is 5.75 Å². The van der Waals surface area contributed by atoms with Crippen LogP contribution in [0.1, 0.15) is 85.1 Å². The molecule has 0 spiro atoms. The van der Waals surface area contributed by atoms with Gasteiger partial charge in [0.05, 0.1) is 6.10 Å². The van der Waals surface area contributed by atoms with Crippen molar-refractivity contribution in [1.29, 1.82) is 0 Å². The highest BCUT2D eigenvalue weighted by molar-refractivity contribution is 5.99. The molecule has 67 heavy (non-hydrogen) atoms. The molecule has 2 aliphatic heterocycles. The Bertz CT molecular complexity index is 2010. The topological polar surface area (TPSA) is 407 Å². The molecule has 0 aromatic heterocycles. The standard InChI is InChI=1S/C42H64N12O13/c1-19(2)17-28-38(63)49-27(12-14-30(43)57)35(60)52-29(18-23-8-10-24(56)11-9-23)37(62)47-20(3)41(66)67-22(5)33(54-36(61)26-13-15-31(58)48-26)40(65)53-32(21(4)55)39(64)50-25(34(59)51-28)7-6-16-46-42(44)45/h8-11,19-22,25-29,32-33,55-56H,6-7,12-18H2,1-5H3,(H2,43,57)(H,47,62)(H,48,58)(H,49,63)(H,50,64)(H,51,59)(H,52,60)(H,53,65)(H,54,61)(H4,44,45,46)/t20-,21+,22+,25-,26-,27-,28-,29-,32-,33-/m0/s1. The van der Waals surface area contributed by atoms with Crippen molar-refractivity contribution in [3.63, 3.8) is 0 Å². The van der Waals surface area contributed by atoms with E-state index in [2.05, 4.69) is 47.5 Å². The Kier molecular flexibility index (Phi) is 20.7. The van der Waals surface area contributed by atoms with Crippen LogP contribution in [0.2, 0.25) is 0 Å². The zero-order valence-corrected chi connectivity index (χ0v) is 38.1. The smallest absolute Gasteiger partial charge is 0.328 e. The van der Waals surface area contributed by atoms with Gasteiger partial charge in [-0.15, -0.1) is 0 Å². The molecule has 0 bridgehead atoms. The van der Waals surface area contributed by atoms with E-state index in [1.807, 2.05) is 0 Å². The number of nitrogens with zero attached hydrogens (tertiary/aromatic N) is 1. The fourth-order valence-electron chi connectivity index (χ4n) is 7.02. The number of phenols is 1. The van der Waals surface area contributed by atoms with E-state index in [1.165, 1.54) is 38.1 Å². The lowest BCUT2D eigenvalue weighted by atomic mass is 10.00. The van der Waals surface area contributed by atoms with E-state index < -0.39 is 126 Å². The summed E-state index contributed by atoms with van der Waals surface area (Å²) in [4.78, 5) is 139. The molecule has 25 heteroatoms. The van der Waals surface area contributed by atoms with Crippen molar-refractivity contribution in [3.8, 4) is 5.75 Å². The maximum absolute atomic E-state index is 14.1. The van der Waals surface area contributed by atoms with Gasteiger partial charge in [-0.25, -0.2) is 4.79 Å². The molecule has 0 aliphatic carbocycles. The number of amides is 9. The third-order valence-electron chi connectivity index (χ3n) is 10.7. The fraction of sp³-hybridized carbons (Fsp3) is 0.595. The number of carbonyl (C=O) groups is 10. The third kappa shape index (κ3) is 17.7. The Morgan fingerprint density at radius 3 is 1.90 bits per heavy atom. The Morgan fingerprint density at radius 1 is 0.761 bits per heavy atom. The lowest BCUT2D eigenvalue weighted by molar-refractivity contribution is -0.156. The summed E-state index contributed by atoms with van der Waals surface area (Å²) in [5.41, 5.74) is 16.8. The molecule has 3 rings (SSSR count). The van der Waals surface area contributed by atoms with Gasteiger partial charge in [-0.2, -0.15) is 0 Å². The number of aliphatic hydroxyl groups is 1.